The zero-order chi connectivity index (χ0) is 26.2. The molecule has 4 amide bonds. The van der Waals surface area contributed by atoms with E-state index in [2.05, 4.69) is 27.7 Å². The van der Waals surface area contributed by atoms with Crippen LogP contribution in [0.1, 0.15) is 73.6 Å². The molecule has 0 radical (unpaired) electrons. The van der Waals surface area contributed by atoms with Gasteiger partial charge in [0.1, 0.15) is 9.98 Å². The third-order valence-corrected chi connectivity index (χ3v) is 7.40. The minimum atomic E-state index is -0.309. The first-order valence-electron chi connectivity index (χ1n) is 12.9. The van der Waals surface area contributed by atoms with E-state index in [9.17, 15) is 9.59 Å². The molecule has 0 spiro atoms. The molecule has 2 aliphatic rings. The second kappa shape index (κ2) is 13.3. The zero-order valence-corrected chi connectivity index (χ0v) is 24.1. The first kappa shape index (κ1) is 29.9. The van der Waals surface area contributed by atoms with Gasteiger partial charge in [-0.15, -0.1) is 0 Å². The largest absolute Gasteiger partial charge is 0.381 e. The van der Waals surface area contributed by atoms with Crippen molar-refractivity contribution in [2.45, 2.75) is 84.7 Å². The van der Waals surface area contributed by atoms with E-state index in [0.717, 1.165) is 32.1 Å². The standard InChI is InChI=1S/C25H44N4O4S2/c1-7-26-18-20(34)28(22(26)30)24(3,4)12-9-14-32-16-11-17-33-15-10-13-25(5,6)29-21(35)19-27(8-2)23(29)31/h7-19H2,1-6H3. The number of ether oxygens (including phenoxy) is 2. The van der Waals surface area contributed by atoms with Crippen molar-refractivity contribution in [2.75, 3.05) is 52.6 Å². The number of nitrogens with zero attached hydrogens (tertiary/aromatic N) is 4. The molecule has 8 nitrogen and oxygen atoms in total. The molecule has 2 rings (SSSR count). The number of rotatable bonds is 16. The highest BCUT2D eigenvalue weighted by molar-refractivity contribution is 7.80. The van der Waals surface area contributed by atoms with Crippen LogP contribution in [0.5, 0.6) is 0 Å². The van der Waals surface area contributed by atoms with Gasteiger partial charge in [0.2, 0.25) is 0 Å². The highest BCUT2D eigenvalue weighted by Gasteiger charge is 2.42. The van der Waals surface area contributed by atoms with Crippen molar-refractivity contribution in [3.63, 3.8) is 0 Å². The Labute approximate surface area is 222 Å². The maximum Gasteiger partial charge on any atom is 0.325 e. The SMILES string of the molecule is CCN1CC(=S)N(C(C)(C)CCCOCCCOCCCC(C)(C)N2C(=O)N(CC)CC2=S)C1=O. The van der Waals surface area contributed by atoms with Gasteiger partial charge < -0.3 is 19.3 Å². The molecule has 2 fully saturated rings. The number of carbonyl (C=O) groups is 2. The van der Waals surface area contributed by atoms with Gasteiger partial charge >= 0.3 is 12.1 Å². The fourth-order valence-electron chi connectivity index (χ4n) is 4.69. The predicted molar refractivity (Wildman–Crippen MR) is 147 cm³/mol. The normalized spacial score (nSPS) is 17.5. The third-order valence-electron chi connectivity index (χ3n) is 6.78. The van der Waals surface area contributed by atoms with E-state index in [1.54, 1.807) is 19.6 Å². The molecule has 2 aliphatic heterocycles. The quantitative estimate of drug-likeness (QED) is 0.214. The Hall–Kier alpha value is -1.36. The number of hydrogen-bond donors (Lipinski definition) is 0. The molecule has 0 aliphatic carbocycles. The molecule has 0 atom stereocenters. The lowest BCUT2D eigenvalue weighted by atomic mass is 9.96. The topological polar surface area (TPSA) is 65.6 Å². The number of amides is 4. The first-order chi connectivity index (χ1) is 16.5. The Kier molecular flexibility index (Phi) is 11.3. The minimum absolute atomic E-state index is 0.0154. The molecule has 0 aromatic heterocycles. The van der Waals surface area contributed by atoms with Gasteiger partial charge in [0.15, 0.2) is 0 Å². The van der Waals surface area contributed by atoms with Crippen LogP contribution in [-0.4, -0.2) is 105 Å². The van der Waals surface area contributed by atoms with Gasteiger partial charge in [-0.05, 0) is 73.6 Å². The number of likely N-dealkylation sites (N-methyl/N-ethyl adjacent to an activating group) is 2. The van der Waals surface area contributed by atoms with Crippen molar-refractivity contribution in [1.82, 2.24) is 19.6 Å². The van der Waals surface area contributed by atoms with E-state index >= 15 is 0 Å². The summed E-state index contributed by atoms with van der Waals surface area (Å²) >= 11 is 10.9. The van der Waals surface area contributed by atoms with E-state index in [0.29, 0.717) is 62.6 Å². The Balaban J connectivity index is 1.53. The summed E-state index contributed by atoms with van der Waals surface area (Å²) in [6.07, 6.45) is 4.25. The Bertz CT molecular complexity index is 713. The van der Waals surface area contributed by atoms with Crippen LogP contribution < -0.4 is 0 Å². The molecule has 0 saturated carbocycles. The lowest BCUT2D eigenvalue weighted by Gasteiger charge is -2.35. The smallest absolute Gasteiger partial charge is 0.325 e. The lowest BCUT2D eigenvalue weighted by molar-refractivity contribution is 0.0721. The average molecular weight is 529 g/mol. The maximum absolute atomic E-state index is 12.5. The van der Waals surface area contributed by atoms with Gasteiger partial charge in [-0.3, -0.25) is 9.80 Å². The molecule has 10 heteroatoms. The van der Waals surface area contributed by atoms with Crippen LogP contribution in [0.15, 0.2) is 0 Å². The second-order valence-corrected chi connectivity index (χ2v) is 11.4. The highest BCUT2D eigenvalue weighted by atomic mass is 32.1. The summed E-state index contributed by atoms with van der Waals surface area (Å²) in [6, 6.07) is 0.0308. The molecule has 0 aromatic rings. The summed E-state index contributed by atoms with van der Waals surface area (Å²) in [7, 11) is 0. The van der Waals surface area contributed by atoms with Crippen molar-refractivity contribution >= 4 is 46.5 Å². The van der Waals surface area contributed by atoms with Crippen LogP contribution in [0.25, 0.3) is 0 Å². The molecule has 2 saturated heterocycles. The minimum Gasteiger partial charge on any atom is -0.381 e. The summed E-state index contributed by atoms with van der Waals surface area (Å²) in [5, 5.41) is 0. The van der Waals surface area contributed by atoms with Crippen LogP contribution in [0, 0.1) is 0 Å². The van der Waals surface area contributed by atoms with Crippen LogP contribution in [0.3, 0.4) is 0 Å². The summed E-state index contributed by atoms with van der Waals surface area (Å²) in [4.78, 5) is 33.6. The summed E-state index contributed by atoms with van der Waals surface area (Å²) in [6.45, 7) is 17.3. The van der Waals surface area contributed by atoms with Crippen molar-refractivity contribution in [3.8, 4) is 0 Å². The van der Waals surface area contributed by atoms with E-state index in [4.69, 9.17) is 33.9 Å². The highest BCUT2D eigenvalue weighted by Crippen LogP contribution is 2.28. The number of urea groups is 2. The second-order valence-electron chi connectivity index (χ2n) is 10.5. The third kappa shape index (κ3) is 7.81. The molecule has 35 heavy (non-hydrogen) atoms. The van der Waals surface area contributed by atoms with Crippen LogP contribution in [-0.2, 0) is 9.47 Å². The zero-order valence-electron chi connectivity index (χ0n) is 22.4. The van der Waals surface area contributed by atoms with Gasteiger partial charge in [0, 0.05) is 50.6 Å². The van der Waals surface area contributed by atoms with Crippen molar-refractivity contribution < 1.29 is 19.1 Å². The molecule has 0 unspecified atom stereocenters. The predicted octanol–water partition coefficient (Wildman–Crippen LogP) is 4.70. The van der Waals surface area contributed by atoms with Gasteiger partial charge in [-0.1, -0.05) is 24.4 Å². The Morgan fingerprint density at radius 3 is 1.34 bits per heavy atom. The van der Waals surface area contributed by atoms with E-state index in [-0.39, 0.29) is 23.1 Å². The molecule has 0 aromatic carbocycles. The summed E-state index contributed by atoms with van der Waals surface area (Å²) in [5.41, 5.74) is -0.618. The maximum atomic E-state index is 12.5. The van der Waals surface area contributed by atoms with Crippen LogP contribution in [0.4, 0.5) is 9.59 Å². The molecule has 0 N–H and O–H groups in total. The fourth-order valence-corrected chi connectivity index (χ4v) is 5.65. The molecule has 200 valence electrons. The average Bonchev–Trinajstić information content (AvgIpc) is 3.25. The molecular formula is C25H44N4O4S2. The van der Waals surface area contributed by atoms with E-state index in [1.807, 2.05) is 13.8 Å². The fraction of sp³-hybridized carbons (Fsp3) is 0.840. The summed E-state index contributed by atoms with van der Waals surface area (Å²) < 4.78 is 11.5. The van der Waals surface area contributed by atoms with Gasteiger partial charge in [0.05, 0.1) is 13.1 Å². The van der Waals surface area contributed by atoms with Gasteiger partial charge in [0.25, 0.3) is 0 Å². The van der Waals surface area contributed by atoms with Crippen molar-refractivity contribution in [2.24, 2.45) is 0 Å². The van der Waals surface area contributed by atoms with Gasteiger partial charge in [-0.25, -0.2) is 9.59 Å². The van der Waals surface area contributed by atoms with Crippen LogP contribution >= 0.6 is 24.4 Å². The Morgan fingerprint density at radius 2 is 1.03 bits per heavy atom. The van der Waals surface area contributed by atoms with Crippen molar-refractivity contribution in [3.05, 3.63) is 0 Å². The first-order valence-corrected chi connectivity index (χ1v) is 13.7. The van der Waals surface area contributed by atoms with Gasteiger partial charge in [-0.2, -0.15) is 0 Å². The molecule has 0 bridgehead atoms. The van der Waals surface area contributed by atoms with Crippen molar-refractivity contribution in [1.29, 1.82) is 0 Å². The molecule has 2 heterocycles. The lowest BCUT2D eigenvalue weighted by Crippen LogP contribution is -2.48. The molecular weight excluding hydrogens is 484 g/mol. The Morgan fingerprint density at radius 1 is 0.686 bits per heavy atom. The number of carbonyl (C=O) groups excluding carboxylic acids is 2. The number of thiocarbonyl (C=S) groups is 2. The van der Waals surface area contributed by atoms with E-state index < -0.39 is 0 Å². The van der Waals surface area contributed by atoms with Crippen LogP contribution in [0.2, 0.25) is 0 Å². The number of hydrogen-bond acceptors (Lipinski definition) is 6. The summed E-state index contributed by atoms with van der Waals surface area (Å²) in [5.74, 6) is 0. The monoisotopic (exact) mass is 528 g/mol. The van der Waals surface area contributed by atoms with E-state index in [1.165, 1.54) is 0 Å².